The van der Waals surface area contributed by atoms with Crippen LogP contribution >= 0.6 is 0 Å². The van der Waals surface area contributed by atoms with E-state index in [9.17, 15) is 14.4 Å². The monoisotopic (exact) mass is 576 g/mol. The second kappa shape index (κ2) is 11.7. The molecule has 2 amide bonds. The zero-order chi connectivity index (χ0) is 29.3. The predicted molar refractivity (Wildman–Crippen MR) is 156 cm³/mol. The van der Waals surface area contributed by atoms with Gasteiger partial charge >= 0.3 is 5.97 Å². The minimum atomic E-state index is -1.33. The molecule has 4 aliphatic heterocycles. The molecule has 2 aromatic rings. The van der Waals surface area contributed by atoms with Crippen LogP contribution in [0.4, 0.5) is 17.1 Å². The van der Waals surface area contributed by atoms with Crippen molar-refractivity contribution in [2.24, 2.45) is 11.0 Å². The average Bonchev–Trinajstić information content (AvgIpc) is 3.39. The summed E-state index contributed by atoms with van der Waals surface area (Å²) in [5.41, 5.74) is 0.999. The number of amides is 2. The van der Waals surface area contributed by atoms with Crippen molar-refractivity contribution in [3.63, 3.8) is 0 Å². The fraction of sp³-hybridized carbons (Fsp3) is 0.500. The van der Waals surface area contributed by atoms with E-state index < -0.39 is 17.6 Å². The number of carbonyl (C=O) groups excluding carboxylic acids is 3. The summed E-state index contributed by atoms with van der Waals surface area (Å²) in [5.74, 6) is -0.711. The van der Waals surface area contributed by atoms with Crippen molar-refractivity contribution in [3.8, 4) is 5.88 Å². The summed E-state index contributed by atoms with van der Waals surface area (Å²) in [5, 5.41) is 6.46. The van der Waals surface area contributed by atoms with Crippen molar-refractivity contribution in [1.82, 2.24) is 9.88 Å². The van der Waals surface area contributed by atoms with Gasteiger partial charge in [0, 0.05) is 50.0 Å². The summed E-state index contributed by atoms with van der Waals surface area (Å²) in [6, 6.07) is 11.1. The Bertz CT molecular complexity index is 1360. The average molecular weight is 577 g/mol. The molecule has 0 spiro atoms. The Morgan fingerprint density at radius 3 is 2.33 bits per heavy atom. The molecule has 0 saturated carbocycles. The fourth-order valence-electron chi connectivity index (χ4n) is 6.52. The van der Waals surface area contributed by atoms with Crippen molar-refractivity contribution in [1.29, 1.82) is 0 Å². The van der Waals surface area contributed by atoms with Gasteiger partial charge in [-0.2, -0.15) is 5.10 Å². The summed E-state index contributed by atoms with van der Waals surface area (Å²) in [6.07, 6.45) is 4.53. The maximum atomic E-state index is 15.0. The summed E-state index contributed by atoms with van der Waals surface area (Å²) < 4.78 is 16.4. The van der Waals surface area contributed by atoms with Gasteiger partial charge in [-0.15, -0.1) is 0 Å². The highest BCUT2D eigenvalue weighted by molar-refractivity contribution is 6.40. The number of ether oxygens (including phenoxy) is 3. The number of morpholine rings is 1. The highest BCUT2D eigenvalue weighted by Gasteiger charge is 2.65. The Morgan fingerprint density at radius 2 is 1.69 bits per heavy atom. The Balaban J connectivity index is 1.42. The van der Waals surface area contributed by atoms with E-state index in [1.165, 1.54) is 7.11 Å². The van der Waals surface area contributed by atoms with E-state index in [2.05, 4.69) is 9.88 Å². The second-order valence-electron chi connectivity index (χ2n) is 10.7. The Hall–Kier alpha value is -4.03. The van der Waals surface area contributed by atoms with Crippen LogP contribution in [0, 0.1) is 5.92 Å². The first kappa shape index (κ1) is 28.1. The second-order valence-corrected chi connectivity index (χ2v) is 10.7. The Kier molecular flexibility index (Phi) is 7.82. The van der Waals surface area contributed by atoms with E-state index in [1.807, 2.05) is 29.2 Å². The number of nitrogens with zero attached hydrogens (tertiary/aromatic N) is 6. The number of anilines is 3. The number of piperidine rings is 2. The number of fused-ring (bicyclic) bond motifs is 1. The van der Waals surface area contributed by atoms with Gasteiger partial charge in [0.2, 0.25) is 17.5 Å². The first-order valence-corrected chi connectivity index (χ1v) is 14.6. The largest absolute Gasteiger partial charge is 0.481 e. The quantitative estimate of drug-likeness (QED) is 0.458. The number of methoxy groups -OCH3 is 1. The molecule has 12 nitrogen and oxygen atoms in total. The lowest BCUT2D eigenvalue weighted by Crippen LogP contribution is -2.74. The summed E-state index contributed by atoms with van der Waals surface area (Å²) >= 11 is 0. The fourth-order valence-corrected chi connectivity index (χ4v) is 6.52. The van der Waals surface area contributed by atoms with Crippen LogP contribution in [0.15, 0.2) is 47.7 Å². The third-order valence-electron chi connectivity index (χ3n) is 8.50. The third-order valence-corrected chi connectivity index (χ3v) is 8.50. The number of hydrogen-bond donors (Lipinski definition) is 0. The van der Waals surface area contributed by atoms with Gasteiger partial charge in [-0.05, 0) is 56.5 Å². The number of esters is 1. The highest BCUT2D eigenvalue weighted by atomic mass is 16.5. The molecule has 3 fully saturated rings. The molecule has 0 aliphatic carbocycles. The molecular weight excluding hydrogens is 540 g/mol. The zero-order valence-electron chi connectivity index (χ0n) is 24.0. The van der Waals surface area contributed by atoms with Gasteiger partial charge < -0.3 is 24.0 Å². The molecule has 0 N–H and O–H groups in total. The molecule has 0 bridgehead atoms. The lowest BCUT2D eigenvalue weighted by atomic mass is 9.79. The number of rotatable bonds is 7. The zero-order valence-corrected chi connectivity index (χ0v) is 24.0. The first-order chi connectivity index (χ1) is 20.5. The number of hydrazone groups is 1. The molecule has 3 saturated heterocycles. The van der Waals surface area contributed by atoms with Crippen molar-refractivity contribution < 1.29 is 28.6 Å². The van der Waals surface area contributed by atoms with Crippen molar-refractivity contribution in [3.05, 3.63) is 42.6 Å². The number of pyridine rings is 1. The molecule has 0 radical (unpaired) electrons. The smallest absolute Gasteiger partial charge is 0.354 e. The van der Waals surface area contributed by atoms with Gasteiger partial charge in [-0.1, -0.05) is 0 Å². The lowest BCUT2D eigenvalue weighted by Gasteiger charge is -2.53. The topological polar surface area (TPSA) is 117 Å². The van der Waals surface area contributed by atoms with E-state index in [1.54, 1.807) is 35.2 Å². The van der Waals surface area contributed by atoms with Crippen LogP contribution in [-0.2, 0) is 23.9 Å². The van der Waals surface area contributed by atoms with E-state index in [4.69, 9.17) is 19.3 Å². The molecule has 6 rings (SSSR count). The van der Waals surface area contributed by atoms with Crippen LogP contribution in [0.2, 0.25) is 0 Å². The van der Waals surface area contributed by atoms with Crippen LogP contribution in [0.3, 0.4) is 0 Å². The lowest BCUT2D eigenvalue weighted by molar-refractivity contribution is -0.140. The SMILES string of the molecule is CCOC(=O)C1=NN(c2ccc(OC)nc2)C2(N3CCOCC3)C(=O)N(c3ccc(N4CCCCC4=O)cc3)CCC12. The number of hydrogen-bond acceptors (Lipinski definition) is 10. The Morgan fingerprint density at radius 1 is 0.976 bits per heavy atom. The standard InChI is InChI=1S/C30H36N6O6/c1-3-42-28(38)27-24-13-15-35(22-9-7-21(8-10-22)34-14-5-4-6-26(34)37)29(39)30(24,33-16-18-41-19-17-33)36(32-27)23-11-12-25(40-2)31-20-23/h7-12,20,24H,3-6,13-19H2,1-2H3. The molecule has 4 aliphatic rings. The maximum absolute atomic E-state index is 15.0. The number of benzene rings is 1. The van der Waals surface area contributed by atoms with Gasteiger partial charge in [-0.3, -0.25) is 14.5 Å². The molecule has 12 heteroatoms. The molecular formula is C30H36N6O6. The van der Waals surface area contributed by atoms with Crippen LogP contribution in [0.5, 0.6) is 5.88 Å². The van der Waals surface area contributed by atoms with Crippen LogP contribution in [-0.4, -0.2) is 92.2 Å². The van der Waals surface area contributed by atoms with Gasteiger partial charge in [0.05, 0.1) is 44.7 Å². The van der Waals surface area contributed by atoms with Crippen molar-refractivity contribution in [2.75, 3.05) is 67.9 Å². The van der Waals surface area contributed by atoms with E-state index in [0.29, 0.717) is 63.8 Å². The van der Waals surface area contributed by atoms with E-state index in [-0.39, 0.29) is 24.1 Å². The molecule has 42 heavy (non-hydrogen) atoms. The number of aromatic nitrogens is 1. The van der Waals surface area contributed by atoms with Crippen molar-refractivity contribution >= 4 is 40.6 Å². The maximum Gasteiger partial charge on any atom is 0.354 e. The highest BCUT2D eigenvalue weighted by Crippen LogP contribution is 2.47. The van der Waals surface area contributed by atoms with Crippen LogP contribution in [0.25, 0.3) is 0 Å². The normalized spacial score (nSPS) is 24.9. The molecule has 5 heterocycles. The molecule has 1 aromatic heterocycles. The molecule has 222 valence electrons. The molecule has 1 aromatic carbocycles. The molecule has 2 unspecified atom stereocenters. The Labute approximate surface area is 244 Å². The third kappa shape index (κ3) is 4.68. The number of carbonyl (C=O) groups is 3. The van der Waals surface area contributed by atoms with E-state index in [0.717, 1.165) is 24.2 Å². The molecule has 2 atom stereocenters. The predicted octanol–water partition coefficient (Wildman–Crippen LogP) is 2.43. The summed E-state index contributed by atoms with van der Waals surface area (Å²) in [6.45, 7) is 4.91. The van der Waals surface area contributed by atoms with Crippen LogP contribution < -0.4 is 19.5 Å². The minimum absolute atomic E-state index is 0.121. The first-order valence-electron chi connectivity index (χ1n) is 14.6. The van der Waals surface area contributed by atoms with Crippen LogP contribution in [0.1, 0.15) is 32.6 Å². The summed E-state index contributed by atoms with van der Waals surface area (Å²) in [7, 11) is 1.54. The van der Waals surface area contributed by atoms with Gasteiger partial charge in [0.25, 0.3) is 5.91 Å². The van der Waals surface area contributed by atoms with Gasteiger partial charge in [0.1, 0.15) is 0 Å². The van der Waals surface area contributed by atoms with E-state index >= 15 is 0 Å². The van der Waals surface area contributed by atoms with Gasteiger partial charge in [-0.25, -0.2) is 14.8 Å². The summed E-state index contributed by atoms with van der Waals surface area (Å²) in [4.78, 5) is 50.8. The van der Waals surface area contributed by atoms with Crippen molar-refractivity contribution in [2.45, 2.75) is 38.3 Å². The minimum Gasteiger partial charge on any atom is -0.481 e. The van der Waals surface area contributed by atoms with Gasteiger partial charge in [0.15, 0.2) is 5.71 Å².